The molecule has 0 aromatic carbocycles. The van der Waals surface area contributed by atoms with E-state index in [0.717, 1.165) is 6.54 Å². The van der Waals surface area contributed by atoms with Gasteiger partial charge in [0, 0.05) is 11.9 Å². The first-order valence-corrected chi connectivity index (χ1v) is 4.85. The van der Waals surface area contributed by atoms with E-state index in [1.807, 2.05) is 0 Å². The van der Waals surface area contributed by atoms with Crippen LogP contribution in [0.4, 0.5) is 0 Å². The van der Waals surface area contributed by atoms with Crippen LogP contribution in [0.3, 0.4) is 0 Å². The topological polar surface area (TPSA) is 12.4 Å². The van der Waals surface area contributed by atoms with Crippen LogP contribution >= 0.6 is 11.6 Å². The molecule has 0 aliphatic heterocycles. The summed E-state index contributed by atoms with van der Waals surface area (Å²) in [4.78, 5) is 3.92. The molecular formula is C9H16ClN. The fourth-order valence-electron chi connectivity index (χ4n) is 1.71. The number of nitrogens with zero attached hydrogens (tertiary/aromatic N) is 1. The molecule has 0 bridgehead atoms. The van der Waals surface area contributed by atoms with Gasteiger partial charge in [0.2, 0.25) is 0 Å². The fraction of sp³-hybridized carbons (Fsp3) is 0.889. The van der Waals surface area contributed by atoms with Gasteiger partial charge in [-0.3, -0.25) is 0 Å². The number of halogens is 1. The zero-order valence-electron chi connectivity index (χ0n) is 6.93. The quantitative estimate of drug-likeness (QED) is 0.346. The Hall–Kier alpha value is -0.0400. The normalized spacial score (nSPS) is 32.8. The van der Waals surface area contributed by atoms with Gasteiger partial charge >= 0.3 is 0 Å². The van der Waals surface area contributed by atoms with E-state index in [9.17, 15) is 0 Å². The van der Waals surface area contributed by atoms with E-state index < -0.39 is 0 Å². The Morgan fingerprint density at radius 3 is 2.73 bits per heavy atom. The molecule has 1 fully saturated rings. The van der Waals surface area contributed by atoms with Crippen molar-refractivity contribution in [3.05, 3.63) is 0 Å². The van der Waals surface area contributed by atoms with Crippen LogP contribution in [0, 0.1) is 5.92 Å². The van der Waals surface area contributed by atoms with Gasteiger partial charge in [0.05, 0.1) is 0 Å². The lowest BCUT2D eigenvalue weighted by Gasteiger charge is -2.16. The van der Waals surface area contributed by atoms with E-state index in [4.69, 9.17) is 11.6 Å². The van der Waals surface area contributed by atoms with Crippen LogP contribution < -0.4 is 0 Å². The van der Waals surface area contributed by atoms with E-state index >= 15 is 0 Å². The molecule has 11 heavy (non-hydrogen) atoms. The maximum Gasteiger partial charge on any atom is 0.0424 e. The van der Waals surface area contributed by atoms with E-state index in [1.54, 1.807) is 0 Å². The van der Waals surface area contributed by atoms with Crippen molar-refractivity contribution < 1.29 is 0 Å². The van der Waals surface area contributed by atoms with Crippen LogP contribution in [0.1, 0.15) is 32.1 Å². The molecule has 0 N–H and O–H groups in total. The third-order valence-corrected chi connectivity index (χ3v) is 3.00. The smallest absolute Gasteiger partial charge is 0.0424 e. The summed E-state index contributed by atoms with van der Waals surface area (Å²) in [5.41, 5.74) is 0. The molecule has 2 atom stereocenters. The molecule has 0 heterocycles. The van der Waals surface area contributed by atoms with Gasteiger partial charge in [0.1, 0.15) is 0 Å². The Balaban J connectivity index is 2.38. The molecule has 2 unspecified atom stereocenters. The van der Waals surface area contributed by atoms with E-state index in [2.05, 4.69) is 11.7 Å². The molecule has 1 rings (SSSR count). The Morgan fingerprint density at radius 1 is 1.27 bits per heavy atom. The summed E-state index contributed by atoms with van der Waals surface area (Å²) in [7, 11) is 0. The minimum absolute atomic E-state index is 0.350. The molecule has 1 aliphatic carbocycles. The number of hydrogen-bond acceptors (Lipinski definition) is 1. The zero-order chi connectivity index (χ0) is 8.10. The average molecular weight is 174 g/mol. The third-order valence-electron chi connectivity index (χ3n) is 2.43. The molecule has 64 valence electrons. The summed E-state index contributed by atoms with van der Waals surface area (Å²) in [6.45, 7) is 4.37. The zero-order valence-corrected chi connectivity index (χ0v) is 7.69. The summed E-state index contributed by atoms with van der Waals surface area (Å²) in [6, 6.07) is 0. The Kier molecular flexibility index (Phi) is 3.92. The lowest BCUT2D eigenvalue weighted by molar-refractivity contribution is 0.480. The van der Waals surface area contributed by atoms with Crippen LogP contribution in [-0.2, 0) is 0 Å². The third kappa shape index (κ3) is 2.82. The molecule has 0 amide bonds. The highest BCUT2D eigenvalue weighted by Crippen LogP contribution is 2.27. The van der Waals surface area contributed by atoms with Crippen molar-refractivity contribution >= 4 is 18.3 Å². The van der Waals surface area contributed by atoms with Crippen molar-refractivity contribution in [3.8, 4) is 0 Å². The van der Waals surface area contributed by atoms with Crippen molar-refractivity contribution in [2.75, 3.05) is 6.54 Å². The van der Waals surface area contributed by atoms with Gasteiger partial charge in [-0.1, -0.05) is 19.3 Å². The van der Waals surface area contributed by atoms with Crippen LogP contribution in [0.2, 0.25) is 0 Å². The maximum absolute atomic E-state index is 6.18. The fourth-order valence-corrected chi connectivity index (χ4v) is 2.07. The molecule has 0 radical (unpaired) electrons. The highest BCUT2D eigenvalue weighted by molar-refractivity contribution is 6.20. The molecule has 0 saturated heterocycles. The standard InChI is InChI=1S/C9H16ClN/c1-11-7-8-5-3-2-4-6-9(8)10/h8-9H,1-7H2. The van der Waals surface area contributed by atoms with E-state index in [-0.39, 0.29) is 0 Å². The summed E-state index contributed by atoms with van der Waals surface area (Å²) >= 11 is 6.18. The predicted molar refractivity (Wildman–Crippen MR) is 50.6 cm³/mol. The van der Waals surface area contributed by atoms with Crippen molar-refractivity contribution in [2.45, 2.75) is 37.5 Å². The average Bonchev–Trinajstić information content (AvgIpc) is 2.18. The summed E-state index contributed by atoms with van der Waals surface area (Å²) < 4.78 is 0. The van der Waals surface area contributed by atoms with Gasteiger partial charge in [-0.15, -0.1) is 11.6 Å². The molecule has 2 heteroatoms. The highest BCUT2D eigenvalue weighted by atomic mass is 35.5. The Labute approximate surface area is 73.9 Å². The monoisotopic (exact) mass is 173 g/mol. The van der Waals surface area contributed by atoms with Crippen LogP contribution in [0.25, 0.3) is 0 Å². The van der Waals surface area contributed by atoms with Gasteiger partial charge in [-0.05, 0) is 25.5 Å². The molecular weight excluding hydrogens is 158 g/mol. The van der Waals surface area contributed by atoms with Crippen molar-refractivity contribution in [1.29, 1.82) is 0 Å². The Morgan fingerprint density at radius 2 is 2.00 bits per heavy atom. The second-order valence-electron chi connectivity index (χ2n) is 3.32. The number of aliphatic imine (C=N–C) groups is 1. The minimum atomic E-state index is 0.350. The lowest BCUT2D eigenvalue weighted by Crippen LogP contribution is -2.16. The van der Waals surface area contributed by atoms with Crippen molar-refractivity contribution in [3.63, 3.8) is 0 Å². The summed E-state index contributed by atoms with van der Waals surface area (Å²) in [6.07, 6.45) is 6.37. The van der Waals surface area contributed by atoms with Gasteiger partial charge < -0.3 is 4.99 Å². The second kappa shape index (κ2) is 4.76. The number of rotatable bonds is 2. The SMILES string of the molecule is C=NCC1CCCCCC1Cl. The molecule has 0 aromatic rings. The first-order valence-electron chi connectivity index (χ1n) is 4.41. The summed E-state index contributed by atoms with van der Waals surface area (Å²) in [5.74, 6) is 0.594. The van der Waals surface area contributed by atoms with Crippen molar-refractivity contribution in [2.24, 2.45) is 10.9 Å². The Bertz CT molecular complexity index is 125. The molecule has 1 aliphatic rings. The van der Waals surface area contributed by atoms with Crippen LogP contribution in [-0.4, -0.2) is 18.6 Å². The van der Waals surface area contributed by atoms with Gasteiger partial charge in [-0.2, -0.15) is 0 Å². The first-order chi connectivity index (χ1) is 5.34. The van der Waals surface area contributed by atoms with Crippen molar-refractivity contribution in [1.82, 2.24) is 0 Å². The molecule has 0 spiro atoms. The molecule has 0 aromatic heterocycles. The van der Waals surface area contributed by atoms with Gasteiger partial charge in [0.15, 0.2) is 0 Å². The largest absolute Gasteiger partial charge is 0.301 e. The predicted octanol–water partition coefficient (Wildman–Crippen LogP) is 2.87. The number of alkyl halides is 1. The van der Waals surface area contributed by atoms with Crippen LogP contribution in [0.5, 0.6) is 0 Å². The lowest BCUT2D eigenvalue weighted by atomic mass is 10.0. The molecule has 1 saturated carbocycles. The maximum atomic E-state index is 6.18. The first kappa shape index (κ1) is 9.05. The van der Waals surface area contributed by atoms with Gasteiger partial charge in [0.25, 0.3) is 0 Å². The van der Waals surface area contributed by atoms with E-state index in [1.165, 1.54) is 32.1 Å². The van der Waals surface area contributed by atoms with E-state index in [0.29, 0.717) is 11.3 Å². The van der Waals surface area contributed by atoms with Crippen LogP contribution in [0.15, 0.2) is 4.99 Å². The molecule has 1 nitrogen and oxygen atoms in total. The second-order valence-corrected chi connectivity index (χ2v) is 3.88. The summed E-state index contributed by atoms with van der Waals surface area (Å²) in [5, 5.41) is 0.350. The number of hydrogen-bond donors (Lipinski definition) is 0. The van der Waals surface area contributed by atoms with Gasteiger partial charge in [-0.25, -0.2) is 0 Å². The highest BCUT2D eigenvalue weighted by Gasteiger charge is 2.20. The minimum Gasteiger partial charge on any atom is -0.301 e.